The molecule has 0 amide bonds. The molecule has 1 nitrogen and oxygen atoms in total. The van der Waals surface area contributed by atoms with E-state index in [4.69, 9.17) is 0 Å². The van der Waals surface area contributed by atoms with E-state index in [2.05, 4.69) is 157 Å². The molecule has 0 spiro atoms. The zero-order valence-electron chi connectivity index (χ0n) is 23.8. The van der Waals surface area contributed by atoms with Crippen LogP contribution in [0, 0.1) is 0 Å². The lowest BCUT2D eigenvalue weighted by Crippen LogP contribution is -2.32. The zero-order valence-corrected chi connectivity index (χ0v) is 23.8. The topological polar surface area (TPSA) is 3.24 Å². The fourth-order valence-corrected chi connectivity index (χ4v) is 8.36. The Morgan fingerprint density at radius 1 is 0.419 bits per heavy atom. The first kappa shape index (κ1) is 23.2. The number of hydrogen-bond acceptors (Lipinski definition) is 1. The molecular weight excluding hydrogens is 518 g/mol. The predicted octanol–water partition coefficient (Wildman–Crippen LogP) is 11.3. The van der Waals surface area contributed by atoms with Gasteiger partial charge in [0.1, 0.15) is 0 Å². The maximum atomic E-state index is 2.54. The third-order valence-electron chi connectivity index (χ3n) is 10.2. The summed E-state index contributed by atoms with van der Waals surface area (Å²) < 4.78 is 0. The average Bonchev–Trinajstić information content (AvgIpc) is 3.54. The average molecular weight is 546 g/mol. The molecule has 10 rings (SSSR count). The van der Waals surface area contributed by atoms with Gasteiger partial charge in [0.25, 0.3) is 0 Å². The van der Waals surface area contributed by atoms with Crippen molar-refractivity contribution in [1.29, 1.82) is 0 Å². The Hall–Kier alpha value is -5.40. The van der Waals surface area contributed by atoms with Crippen LogP contribution in [-0.2, 0) is 5.41 Å². The van der Waals surface area contributed by atoms with Crippen LogP contribution in [0.25, 0.3) is 55.3 Å². The summed E-state index contributed by atoms with van der Waals surface area (Å²) in [5.41, 5.74) is 18.1. The van der Waals surface area contributed by atoms with Gasteiger partial charge in [-0.3, -0.25) is 0 Å². The maximum Gasteiger partial charge on any atom is 0.0540 e. The van der Waals surface area contributed by atoms with Crippen LogP contribution < -0.4 is 4.90 Å². The molecule has 0 fully saturated rings. The number of benzene rings is 7. The fourth-order valence-electron chi connectivity index (χ4n) is 8.36. The largest absolute Gasteiger partial charge is 0.309 e. The molecule has 0 N–H and O–H groups in total. The summed E-state index contributed by atoms with van der Waals surface area (Å²) >= 11 is 0. The van der Waals surface area contributed by atoms with Crippen molar-refractivity contribution in [2.45, 2.75) is 12.3 Å². The second-order valence-electron chi connectivity index (χ2n) is 12.2. The Bertz CT molecular complexity index is 2280. The Morgan fingerprint density at radius 2 is 1.07 bits per heavy atom. The lowest BCUT2D eigenvalue weighted by molar-refractivity contribution is 0.702. The highest BCUT2D eigenvalue weighted by Crippen LogP contribution is 2.63. The second kappa shape index (κ2) is 8.12. The Labute approximate surface area is 251 Å². The summed E-state index contributed by atoms with van der Waals surface area (Å²) in [5, 5.41) is 2.65. The summed E-state index contributed by atoms with van der Waals surface area (Å²) in [7, 11) is 0. The van der Waals surface area contributed by atoms with E-state index < -0.39 is 0 Å². The number of rotatable bonds is 2. The number of nitrogens with zero attached hydrogens (tertiary/aromatic N) is 1. The van der Waals surface area contributed by atoms with Crippen LogP contribution in [0.1, 0.15) is 23.6 Å². The molecule has 1 aliphatic heterocycles. The van der Waals surface area contributed by atoms with Gasteiger partial charge < -0.3 is 4.90 Å². The molecule has 3 aliphatic rings. The van der Waals surface area contributed by atoms with Gasteiger partial charge in [-0.25, -0.2) is 0 Å². The van der Waals surface area contributed by atoms with E-state index >= 15 is 0 Å². The van der Waals surface area contributed by atoms with Gasteiger partial charge in [-0.1, -0.05) is 121 Å². The summed E-state index contributed by atoms with van der Waals surface area (Å²) in [5.74, 6) is 0. The SMILES string of the molecule is CC12c3ccccc3-c3cccc(c31)N(c1ccc3c4c(cccc14)-c1ccccc1-3)c1ccc(-c3ccccc3)cc12. The van der Waals surface area contributed by atoms with Crippen LogP contribution >= 0.6 is 0 Å². The minimum atomic E-state index is -0.260. The summed E-state index contributed by atoms with van der Waals surface area (Å²) in [6, 6.07) is 54.1. The third kappa shape index (κ3) is 2.82. The van der Waals surface area contributed by atoms with Crippen LogP contribution in [0.5, 0.6) is 0 Å². The van der Waals surface area contributed by atoms with Crippen molar-refractivity contribution in [2.75, 3.05) is 4.90 Å². The molecule has 1 heterocycles. The molecule has 1 atom stereocenters. The predicted molar refractivity (Wildman–Crippen MR) is 179 cm³/mol. The van der Waals surface area contributed by atoms with Crippen LogP contribution in [0.2, 0.25) is 0 Å². The molecule has 0 saturated carbocycles. The van der Waals surface area contributed by atoms with Gasteiger partial charge in [-0.15, -0.1) is 0 Å². The van der Waals surface area contributed by atoms with E-state index in [0.717, 1.165) is 0 Å². The van der Waals surface area contributed by atoms with Crippen molar-refractivity contribution >= 4 is 27.8 Å². The standard InChI is InChI=1S/C42H27N/c1-42-35-19-8-7-15-30(35)33-17-10-20-39(41(33)42)43(38-23-21-27(25-36(38)42)26-11-3-2-4-12-26)37-24-22-32-29-14-6-5-13-28(29)31-16-9-18-34(37)40(31)32/h2-25H,1H3. The molecule has 7 aromatic rings. The monoisotopic (exact) mass is 545 g/mol. The number of hydrogen-bond donors (Lipinski definition) is 0. The molecule has 0 bridgehead atoms. The van der Waals surface area contributed by atoms with E-state index in [0.29, 0.717) is 0 Å². The second-order valence-corrected chi connectivity index (χ2v) is 12.2. The van der Waals surface area contributed by atoms with E-state index in [1.54, 1.807) is 0 Å². The van der Waals surface area contributed by atoms with Crippen molar-refractivity contribution in [3.8, 4) is 44.5 Å². The van der Waals surface area contributed by atoms with Crippen molar-refractivity contribution in [2.24, 2.45) is 0 Å². The number of fused-ring (bicyclic) bond motifs is 8. The summed E-state index contributed by atoms with van der Waals surface area (Å²) in [6.45, 7) is 2.44. The molecule has 0 aromatic heterocycles. The first-order valence-corrected chi connectivity index (χ1v) is 15.1. The molecular formula is C42H27N. The normalized spacial score (nSPS) is 16.5. The van der Waals surface area contributed by atoms with Gasteiger partial charge >= 0.3 is 0 Å². The Balaban J connectivity index is 1.31. The van der Waals surface area contributed by atoms with Crippen LogP contribution in [0.15, 0.2) is 146 Å². The highest BCUT2D eigenvalue weighted by Gasteiger charge is 2.48. The molecule has 7 aromatic carbocycles. The summed E-state index contributed by atoms with van der Waals surface area (Å²) in [6.07, 6.45) is 0. The highest BCUT2D eigenvalue weighted by molar-refractivity contribution is 6.19. The number of anilines is 3. The van der Waals surface area contributed by atoms with E-state index in [-0.39, 0.29) is 5.41 Å². The minimum absolute atomic E-state index is 0.260. The van der Waals surface area contributed by atoms with Crippen LogP contribution in [0.3, 0.4) is 0 Å². The highest BCUT2D eigenvalue weighted by atomic mass is 15.2. The lowest BCUT2D eigenvalue weighted by Gasteiger charge is -2.43. The van der Waals surface area contributed by atoms with Gasteiger partial charge in [0.05, 0.1) is 17.1 Å². The molecule has 200 valence electrons. The smallest absolute Gasteiger partial charge is 0.0540 e. The van der Waals surface area contributed by atoms with Gasteiger partial charge in [-0.05, 0) is 97.8 Å². The Morgan fingerprint density at radius 3 is 1.91 bits per heavy atom. The van der Waals surface area contributed by atoms with Crippen molar-refractivity contribution < 1.29 is 0 Å². The van der Waals surface area contributed by atoms with Crippen molar-refractivity contribution in [1.82, 2.24) is 0 Å². The van der Waals surface area contributed by atoms with Gasteiger partial charge in [-0.2, -0.15) is 0 Å². The third-order valence-corrected chi connectivity index (χ3v) is 10.2. The van der Waals surface area contributed by atoms with E-state index in [1.807, 2.05) is 0 Å². The van der Waals surface area contributed by atoms with Gasteiger partial charge in [0.15, 0.2) is 0 Å². The fraction of sp³-hybridized carbons (Fsp3) is 0.0476. The van der Waals surface area contributed by atoms with Gasteiger partial charge in [0, 0.05) is 10.8 Å². The first-order valence-electron chi connectivity index (χ1n) is 15.1. The van der Waals surface area contributed by atoms with Crippen molar-refractivity contribution in [3.63, 3.8) is 0 Å². The van der Waals surface area contributed by atoms with Crippen LogP contribution in [0.4, 0.5) is 17.1 Å². The first-order chi connectivity index (χ1) is 21.2. The molecule has 1 unspecified atom stereocenters. The van der Waals surface area contributed by atoms with Gasteiger partial charge in [0.2, 0.25) is 0 Å². The zero-order chi connectivity index (χ0) is 28.3. The minimum Gasteiger partial charge on any atom is -0.309 e. The van der Waals surface area contributed by atoms with E-state index in [1.165, 1.54) is 89.0 Å². The summed E-state index contributed by atoms with van der Waals surface area (Å²) in [4.78, 5) is 2.54. The molecule has 43 heavy (non-hydrogen) atoms. The van der Waals surface area contributed by atoms with Crippen molar-refractivity contribution in [3.05, 3.63) is 162 Å². The lowest BCUT2D eigenvalue weighted by atomic mass is 9.70. The molecule has 0 radical (unpaired) electrons. The molecule has 1 heteroatoms. The van der Waals surface area contributed by atoms with Crippen LogP contribution in [-0.4, -0.2) is 0 Å². The Kier molecular flexibility index (Phi) is 4.38. The quantitative estimate of drug-likeness (QED) is 0.209. The molecule has 0 saturated heterocycles. The molecule has 2 aliphatic carbocycles. The van der Waals surface area contributed by atoms with E-state index in [9.17, 15) is 0 Å². The maximum absolute atomic E-state index is 2.54.